The van der Waals surface area contributed by atoms with Crippen molar-refractivity contribution in [1.29, 1.82) is 0 Å². The van der Waals surface area contributed by atoms with Crippen LogP contribution < -0.4 is 10.1 Å². The van der Waals surface area contributed by atoms with Crippen LogP contribution in [0.5, 0.6) is 5.75 Å². The number of rotatable bonds is 1. The zero-order valence-electron chi connectivity index (χ0n) is 9.80. The largest absolute Gasteiger partial charge is 0.490 e. The molecule has 0 radical (unpaired) electrons. The Labute approximate surface area is 105 Å². The van der Waals surface area contributed by atoms with Crippen molar-refractivity contribution >= 4 is 11.6 Å². The smallest absolute Gasteiger partial charge is 0.235 e. The zero-order valence-corrected chi connectivity index (χ0v) is 9.80. The fourth-order valence-electron chi connectivity index (χ4n) is 2.10. The third kappa shape index (κ3) is 1.95. The Hall–Kier alpha value is -2.29. The van der Waals surface area contributed by atoms with Crippen LogP contribution in [0.4, 0.5) is 5.69 Å². The summed E-state index contributed by atoms with van der Waals surface area (Å²) >= 11 is 0. The first-order chi connectivity index (χ1) is 8.84. The van der Waals surface area contributed by atoms with Crippen LogP contribution in [0.3, 0.4) is 0 Å². The number of carbonyl (C=O) groups excluding carboxylic acids is 1. The van der Waals surface area contributed by atoms with Gasteiger partial charge in [0.2, 0.25) is 5.91 Å². The van der Waals surface area contributed by atoms with Crippen LogP contribution in [0.2, 0.25) is 0 Å². The van der Waals surface area contributed by atoms with Gasteiger partial charge in [-0.15, -0.1) is 0 Å². The molecule has 3 rings (SSSR count). The molecule has 1 aliphatic heterocycles. The highest BCUT2D eigenvalue weighted by Crippen LogP contribution is 2.30. The molecule has 1 N–H and O–H groups in total. The first-order valence-corrected chi connectivity index (χ1v) is 5.92. The summed E-state index contributed by atoms with van der Waals surface area (Å²) < 4.78 is 5.70. The van der Waals surface area contributed by atoms with Crippen molar-refractivity contribution in [2.24, 2.45) is 0 Å². The molecular formula is C15H13NO2. The van der Waals surface area contributed by atoms with Crippen molar-refractivity contribution in [3.05, 3.63) is 60.2 Å². The van der Waals surface area contributed by atoms with Gasteiger partial charge in [-0.25, -0.2) is 0 Å². The molecule has 2 aromatic carbocycles. The van der Waals surface area contributed by atoms with Gasteiger partial charge in [-0.3, -0.25) is 4.79 Å². The van der Waals surface area contributed by atoms with E-state index in [1.807, 2.05) is 54.6 Å². The quantitative estimate of drug-likeness (QED) is 0.831. The second kappa shape index (κ2) is 4.53. The number of fused-ring (bicyclic) bond motifs is 1. The summed E-state index contributed by atoms with van der Waals surface area (Å²) in [5, 5.41) is 2.91. The van der Waals surface area contributed by atoms with Crippen molar-refractivity contribution in [2.45, 2.75) is 5.92 Å². The van der Waals surface area contributed by atoms with Crippen LogP contribution in [0, 0.1) is 0 Å². The van der Waals surface area contributed by atoms with Crippen LogP contribution in [0.25, 0.3) is 0 Å². The van der Waals surface area contributed by atoms with E-state index in [4.69, 9.17) is 4.74 Å². The normalized spacial score (nSPS) is 18.2. The van der Waals surface area contributed by atoms with Gasteiger partial charge >= 0.3 is 0 Å². The molecule has 18 heavy (non-hydrogen) atoms. The summed E-state index contributed by atoms with van der Waals surface area (Å²) in [6.07, 6.45) is 0. The first kappa shape index (κ1) is 10.8. The van der Waals surface area contributed by atoms with Gasteiger partial charge in [0, 0.05) is 0 Å². The molecule has 0 saturated heterocycles. The van der Waals surface area contributed by atoms with Gasteiger partial charge in [0.25, 0.3) is 0 Å². The molecule has 3 nitrogen and oxygen atoms in total. The Balaban J connectivity index is 1.92. The van der Waals surface area contributed by atoms with E-state index in [9.17, 15) is 4.79 Å². The van der Waals surface area contributed by atoms with Gasteiger partial charge in [-0.05, 0) is 17.7 Å². The van der Waals surface area contributed by atoms with Gasteiger partial charge in [0.15, 0.2) is 0 Å². The lowest BCUT2D eigenvalue weighted by Gasteiger charge is -2.12. The lowest BCUT2D eigenvalue weighted by Crippen LogP contribution is -2.23. The number of carbonyl (C=O) groups is 1. The van der Waals surface area contributed by atoms with E-state index >= 15 is 0 Å². The summed E-state index contributed by atoms with van der Waals surface area (Å²) in [7, 11) is 0. The zero-order chi connectivity index (χ0) is 12.4. The van der Waals surface area contributed by atoms with E-state index in [2.05, 4.69) is 5.32 Å². The van der Waals surface area contributed by atoms with Gasteiger partial charge in [0.05, 0.1) is 11.6 Å². The van der Waals surface area contributed by atoms with Gasteiger partial charge in [0.1, 0.15) is 12.4 Å². The molecule has 2 aromatic rings. The van der Waals surface area contributed by atoms with Gasteiger partial charge in [-0.1, -0.05) is 42.5 Å². The van der Waals surface area contributed by atoms with Gasteiger partial charge < -0.3 is 10.1 Å². The SMILES string of the molecule is O=C1Nc2ccccc2OCC1c1ccccc1. The number of hydrogen-bond acceptors (Lipinski definition) is 2. The van der Waals surface area contributed by atoms with Crippen LogP contribution >= 0.6 is 0 Å². The van der Waals surface area contributed by atoms with E-state index in [-0.39, 0.29) is 11.8 Å². The Bertz CT molecular complexity index is 566. The highest BCUT2D eigenvalue weighted by molar-refractivity contribution is 5.97. The van der Waals surface area contributed by atoms with E-state index in [1.165, 1.54) is 0 Å². The molecular weight excluding hydrogens is 226 g/mol. The lowest BCUT2D eigenvalue weighted by atomic mass is 9.99. The summed E-state index contributed by atoms with van der Waals surface area (Å²) in [6, 6.07) is 17.2. The van der Waals surface area contributed by atoms with E-state index < -0.39 is 0 Å². The minimum atomic E-state index is -0.265. The second-order valence-electron chi connectivity index (χ2n) is 4.26. The second-order valence-corrected chi connectivity index (χ2v) is 4.26. The van der Waals surface area contributed by atoms with Crippen LogP contribution in [0.1, 0.15) is 11.5 Å². The number of hydrogen-bond donors (Lipinski definition) is 1. The van der Waals surface area contributed by atoms with Crippen molar-refractivity contribution in [2.75, 3.05) is 11.9 Å². The Morgan fingerprint density at radius 1 is 1.00 bits per heavy atom. The van der Waals surface area contributed by atoms with Crippen LogP contribution in [-0.2, 0) is 4.79 Å². The number of nitrogens with one attached hydrogen (secondary N) is 1. The molecule has 0 aromatic heterocycles. The molecule has 0 fully saturated rings. The highest BCUT2D eigenvalue weighted by atomic mass is 16.5. The third-order valence-electron chi connectivity index (χ3n) is 3.07. The van der Waals surface area contributed by atoms with Crippen molar-refractivity contribution < 1.29 is 9.53 Å². The Morgan fingerprint density at radius 3 is 2.56 bits per heavy atom. The summed E-state index contributed by atoms with van der Waals surface area (Å²) in [5.74, 6) is 0.439. The molecule has 0 saturated carbocycles. The fraction of sp³-hybridized carbons (Fsp3) is 0.133. The summed E-state index contributed by atoms with van der Waals surface area (Å²) in [5.41, 5.74) is 1.71. The summed E-state index contributed by atoms with van der Waals surface area (Å²) in [4.78, 5) is 12.2. The molecule has 1 unspecified atom stereocenters. The van der Waals surface area contributed by atoms with Crippen LogP contribution in [0.15, 0.2) is 54.6 Å². The molecule has 1 amide bonds. The van der Waals surface area contributed by atoms with Crippen molar-refractivity contribution in [1.82, 2.24) is 0 Å². The standard InChI is InChI=1S/C15H13NO2/c17-15-12(11-6-2-1-3-7-11)10-18-14-9-5-4-8-13(14)16-15/h1-9,12H,10H2,(H,16,17). The maximum absolute atomic E-state index is 12.2. The average molecular weight is 239 g/mol. The number of anilines is 1. The topological polar surface area (TPSA) is 38.3 Å². The Morgan fingerprint density at radius 2 is 1.72 bits per heavy atom. The number of ether oxygens (including phenoxy) is 1. The van der Waals surface area contributed by atoms with Gasteiger partial charge in [-0.2, -0.15) is 0 Å². The third-order valence-corrected chi connectivity index (χ3v) is 3.07. The first-order valence-electron chi connectivity index (χ1n) is 5.92. The maximum Gasteiger partial charge on any atom is 0.235 e. The minimum absolute atomic E-state index is 0.0221. The molecule has 0 aliphatic carbocycles. The van der Waals surface area contributed by atoms with E-state index in [1.54, 1.807) is 0 Å². The predicted molar refractivity (Wildman–Crippen MR) is 69.7 cm³/mol. The predicted octanol–water partition coefficient (Wildman–Crippen LogP) is 2.80. The van der Waals surface area contributed by atoms with Crippen molar-refractivity contribution in [3.8, 4) is 5.75 Å². The number of para-hydroxylation sites is 2. The van der Waals surface area contributed by atoms with E-state index in [0.717, 1.165) is 17.0 Å². The fourth-order valence-corrected chi connectivity index (χ4v) is 2.10. The average Bonchev–Trinajstić information content (AvgIpc) is 2.58. The molecule has 0 spiro atoms. The molecule has 1 atom stereocenters. The molecule has 1 aliphatic rings. The molecule has 90 valence electrons. The maximum atomic E-state index is 12.2. The molecule has 0 bridgehead atoms. The van der Waals surface area contributed by atoms with E-state index in [0.29, 0.717) is 6.61 Å². The highest BCUT2D eigenvalue weighted by Gasteiger charge is 2.25. The summed E-state index contributed by atoms with van der Waals surface area (Å²) in [6.45, 7) is 0.368. The van der Waals surface area contributed by atoms with Crippen LogP contribution in [-0.4, -0.2) is 12.5 Å². The number of amides is 1. The molecule has 1 heterocycles. The number of benzene rings is 2. The Kier molecular flexibility index (Phi) is 2.73. The van der Waals surface area contributed by atoms with Crippen molar-refractivity contribution in [3.63, 3.8) is 0 Å². The monoisotopic (exact) mass is 239 g/mol. The molecule has 3 heteroatoms. The minimum Gasteiger partial charge on any atom is -0.490 e. The lowest BCUT2D eigenvalue weighted by molar-refractivity contribution is -0.117.